The summed E-state index contributed by atoms with van der Waals surface area (Å²) in [5.41, 5.74) is 4.14. The maximum absolute atomic E-state index is 12.7. The van der Waals surface area contributed by atoms with Gasteiger partial charge in [-0.25, -0.2) is 4.79 Å². The summed E-state index contributed by atoms with van der Waals surface area (Å²) in [6.07, 6.45) is 0.731. The molecule has 1 amide bonds. The molecule has 128 valence electrons. The molecule has 1 aromatic heterocycles. The zero-order valence-corrected chi connectivity index (χ0v) is 14.2. The number of rotatable bonds is 3. The molecule has 1 saturated heterocycles. The highest BCUT2D eigenvalue weighted by Gasteiger charge is 2.32. The number of nitrogens with zero attached hydrogens (tertiary/aromatic N) is 2. The minimum Gasteiger partial charge on any atom is -0.408 e. The van der Waals surface area contributed by atoms with Crippen molar-refractivity contribution in [2.24, 2.45) is 7.05 Å². The number of fused-ring (bicyclic) bond motifs is 1. The number of aryl methyl sites for hydroxylation is 2. The second-order valence-electron chi connectivity index (χ2n) is 6.42. The summed E-state index contributed by atoms with van der Waals surface area (Å²) in [7, 11) is 1.66. The molecule has 4 rings (SSSR count). The lowest BCUT2D eigenvalue weighted by Gasteiger charge is -2.18. The Morgan fingerprint density at radius 3 is 2.64 bits per heavy atom. The summed E-state index contributed by atoms with van der Waals surface area (Å²) in [6, 6.07) is 13.1. The summed E-state index contributed by atoms with van der Waals surface area (Å²) in [5.74, 6) is -0.334. The molecule has 0 unspecified atom stereocenters. The van der Waals surface area contributed by atoms with Crippen molar-refractivity contribution in [1.82, 2.24) is 4.57 Å². The van der Waals surface area contributed by atoms with Crippen LogP contribution in [0.2, 0.25) is 0 Å². The molecule has 25 heavy (non-hydrogen) atoms. The van der Waals surface area contributed by atoms with Crippen LogP contribution in [0.4, 0.5) is 11.4 Å². The third-order valence-corrected chi connectivity index (χ3v) is 4.68. The van der Waals surface area contributed by atoms with Crippen LogP contribution in [0.5, 0.6) is 0 Å². The second kappa shape index (κ2) is 5.81. The van der Waals surface area contributed by atoms with Crippen molar-refractivity contribution in [2.45, 2.75) is 19.4 Å². The van der Waals surface area contributed by atoms with Crippen molar-refractivity contribution >= 4 is 28.4 Å². The Hall–Kier alpha value is -3.02. The molecule has 0 bridgehead atoms. The largest absolute Gasteiger partial charge is 0.419 e. The average molecular weight is 337 g/mol. The summed E-state index contributed by atoms with van der Waals surface area (Å²) < 4.78 is 6.59. The number of benzene rings is 2. The van der Waals surface area contributed by atoms with E-state index in [4.69, 9.17) is 4.42 Å². The molecule has 3 aromatic rings. The number of nitrogens with one attached hydrogen (secondary N) is 1. The van der Waals surface area contributed by atoms with Gasteiger partial charge in [-0.1, -0.05) is 17.7 Å². The van der Waals surface area contributed by atoms with E-state index < -0.39 is 5.76 Å². The molecule has 2 heterocycles. The Morgan fingerprint density at radius 2 is 1.88 bits per heavy atom. The molecular weight excluding hydrogens is 318 g/mol. The predicted octanol–water partition coefficient (Wildman–Crippen LogP) is 2.66. The first kappa shape index (κ1) is 15.5. The maximum Gasteiger partial charge on any atom is 0.419 e. The normalized spacial score (nSPS) is 17.4. The van der Waals surface area contributed by atoms with Crippen molar-refractivity contribution in [3.8, 4) is 0 Å². The van der Waals surface area contributed by atoms with Gasteiger partial charge in [-0.15, -0.1) is 0 Å². The van der Waals surface area contributed by atoms with E-state index in [0.717, 1.165) is 17.8 Å². The minimum absolute atomic E-state index is 0.0602. The molecule has 0 saturated carbocycles. The van der Waals surface area contributed by atoms with Crippen LogP contribution in [0.3, 0.4) is 0 Å². The topological polar surface area (TPSA) is 67.5 Å². The third kappa shape index (κ3) is 2.69. The van der Waals surface area contributed by atoms with Gasteiger partial charge >= 0.3 is 5.76 Å². The summed E-state index contributed by atoms with van der Waals surface area (Å²) in [4.78, 5) is 26.1. The van der Waals surface area contributed by atoms with Crippen molar-refractivity contribution < 1.29 is 9.21 Å². The number of amides is 1. The highest BCUT2D eigenvalue weighted by atomic mass is 16.4. The molecule has 1 atom stereocenters. The van der Waals surface area contributed by atoms with E-state index in [2.05, 4.69) is 5.32 Å². The van der Waals surface area contributed by atoms with Crippen LogP contribution in [0.1, 0.15) is 12.0 Å². The molecular formula is C19H19N3O3. The van der Waals surface area contributed by atoms with Gasteiger partial charge in [0.05, 0.1) is 5.52 Å². The Labute approximate surface area is 144 Å². The lowest BCUT2D eigenvalue weighted by atomic mass is 10.2. The van der Waals surface area contributed by atoms with E-state index in [1.807, 2.05) is 48.2 Å². The number of hydrogen-bond acceptors (Lipinski definition) is 4. The fraction of sp³-hybridized carbons (Fsp3) is 0.263. The Kier molecular flexibility index (Phi) is 3.60. The number of aromatic nitrogens is 1. The fourth-order valence-electron chi connectivity index (χ4n) is 3.21. The first-order valence-electron chi connectivity index (χ1n) is 8.27. The van der Waals surface area contributed by atoms with E-state index in [1.54, 1.807) is 13.1 Å². The maximum atomic E-state index is 12.7. The van der Waals surface area contributed by atoms with Crippen LogP contribution >= 0.6 is 0 Å². The van der Waals surface area contributed by atoms with Crippen molar-refractivity contribution in [3.63, 3.8) is 0 Å². The molecule has 1 aliphatic rings. The van der Waals surface area contributed by atoms with Gasteiger partial charge in [0.15, 0.2) is 5.58 Å². The van der Waals surface area contributed by atoms with Crippen LogP contribution in [0, 0.1) is 6.92 Å². The number of hydrogen-bond donors (Lipinski definition) is 1. The van der Waals surface area contributed by atoms with Gasteiger partial charge in [-0.2, -0.15) is 0 Å². The molecule has 0 radical (unpaired) electrons. The van der Waals surface area contributed by atoms with Crippen LogP contribution in [0.25, 0.3) is 11.1 Å². The van der Waals surface area contributed by atoms with Gasteiger partial charge in [-0.05, 0) is 43.7 Å². The standard InChI is InChI=1S/C19H19N3O3/c1-12-3-6-14(7-4-12)22-10-9-15(18(22)23)20-13-5-8-17-16(11-13)21(2)19(24)25-17/h3-8,11,15,20H,9-10H2,1-2H3/t15-/m1/s1. The lowest BCUT2D eigenvalue weighted by Crippen LogP contribution is -2.33. The summed E-state index contributed by atoms with van der Waals surface area (Å²) in [5, 5.41) is 3.28. The monoisotopic (exact) mass is 337 g/mol. The molecule has 6 nitrogen and oxygen atoms in total. The van der Waals surface area contributed by atoms with E-state index in [-0.39, 0.29) is 11.9 Å². The zero-order chi connectivity index (χ0) is 17.6. The Bertz CT molecular complexity index is 1000. The van der Waals surface area contributed by atoms with Gasteiger partial charge in [0, 0.05) is 25.0 Å². The zero-order valence-electron chi connectivity index (χ0n) is 14.2. The van der Waals surface area contributed by atoms with Gasteiger partial charge in [0.25, 0.3) is 0 Å². The van der Waals surface area contributed by atoms with Crippen LogP contribution < -0.4 is 16.0 Å². The highest BCUT2D eigenvalue weighted by Crippen LogP contribution is 2.25. The molecule has 1 N–H and O–H groups in total. The SMILES string of the molecule is Cc1ccc(N2CC[C@@H](Nc3ccc4oc(=O)n(C)c4c3)C2=O)cc1. The van der Waals surface area contributed by atoms with Crippen LogP contribution in [-0.2, 0) is 11.8 Å². The first-order chi connectivity index (χ1) is 12.0. The molecule has 6 heteroatoms. The van der Waals surface area contributed by atoms with Gasteiger partial charge in [0.2, 0.25) is 5.91 Å². The number of oxazole rings is 1. The summed E-state index contributed by atoms with van der Waals surface area (Å²) in [6.45, 7) is 2.71. The number of anilines is 2. The predicted molar refractivity (Wildman–Crippen MR) is 97.0 cm³/mol. The van der Waals surface area contributed by atoms with Gasteiger partial charge < -0.3 is 14.6 Å². The minimum atomic E-state index is -0.394. The summed E-state index contributed by atoms with van der Waals surface area (Å²) >= 11 is 0. The average Bonchev–Trinajstić information content (AvgIpc) is 3.10. The Balaban J connectivity index is 1.55. The molecule has 2 aromatic carbocycles. The van der Waals surface area contributed by atoms with Crippen molar-refractivity contribution in [1.29, 1.82) is 0 Å². The highest BCUT2D eigenvalue weighted by molar-refractivity contribution is 6.01. The quantitative estimate of drug-likeness (QED) is 0.798. The number of carbonyl (C=O) groups is 1. The second-order valence-corrected chi connectivity index (χ2v) is 6.42. The lowest BCUT2D eigenvalue weighted by molar-refractivity contribution is -0.117. The Morgan fingerprint density at radius 1 is 1.12 bits per heavy atom. The molecule has 1 aliphatic heterocycles. The van der Waals surface area contributed by atoms with E-state index in [9.17, 15) is 9.59 Å². The molecule has 0 spiro atoms. The first-order valence-corrected chi connectivity index (χ1v) is 8.27. The smallest absolute Gasteiger partial charge is 0.408 e. The van der Waals surface area contributed by atoms with Crippen LogP contribution in [-0.4, -0.2) is 23.1 Å². The van der Waals surface area contributed by atoms with E-state index in [0.29, 0.717) is 17.6 Å². The van der Waals surface area contributed by atoms with Crippen LogP contribution in [0.15, 0.2) is 51.7 Å². The van der Waals surface area contributed by atoms with E-state index in [1.165, 1.54) is 10.1 Å². The van der Waals surface area contributed by atoms with E-state index >= 15 is 0 Å². The van der Waals surface area contributed by atoms with Crippen molar-refractivity contribution in [3.05, 3.63) is 58.6 Å². The molecule has 0 aliphatic carbocycles. The van der Waals surface area contributed by atoms with Gasteiger partial charge in [0.1, 0.15) is 6.04 Å². The third-order valence-electron chi connectivity index (χ3n) is 4.68. The van der Waals surface area contributed by atoms with Crippen molar-refractivity contribution in [2.75, 3.05) is 16.8 Å². The molecule has 1 fully saturated rings. The number of carbonyl (C=O) groups excluding carboxylic acids is 1. The fourth-order valence-corrected chi connectivity index (χ4v) is 3.21. The van der Waals surface area contributed by atoms with Gasteiger partial charge in [-0.3, -0.25) is 9.36 Å².